The highest BCUT2D eigenvalue weighted by Gasteiger charge is 2.37. The van der Waals surface area contributed by atoms with Gasteiger partial charge >= 0.3 is 0 Å². The second-order valence-electron chi connectivity index (χ2n) is 19.3. The first-order valence-electron chi connectivity index (χ1n) is 23.0. The van der Waals surface area contributed by atoms with E-state index in [4.69, 9.17) is 0 Å². The standard InChI is InChI=1S/C64H47N/c1-63(2)59-23-13-11-21-51(59)53-33-31-45(36-61(53)63)65(46-32-34-54-52-22-12-14-24-60(52)64(3,4)62(54)37-46)44-29-27-41(28-30-44)55-38-57-50-20-10-8-18-48(50)56(39-58(57)49-19-9-7-17-47(49)55)43-26-25-40-15-5-6-16-42(40)35-43/h5-39H,1-4H3. The van der Waals surface area contributed by atoms with Gasteiger partial charge in [0.2, 0.25) is 0 Å². The molecule has 0 fully saturated rings. The summed E-state index contributed by atoms with van der Waals surface area (Å²) in [5.74, 6) is 0. The summed E-state index contributed by atoms with van der Waals surface area (Å²) in [4.78, 5) is 2.47. The van der Waals surface area contributed by atoms with Crippen LogP contribution >= 0.6 is 0 Å². The quantitative estimate of drug-likeness (QED) is 0.156. The molecule has 2 aliphatic rings. The van der Waals surface area contributed by atoms with Gasteiger partial charge in [0.1, 0.15) is 0 Å². The van der Waals surface area contributed by atoms with Crippen molar-refractivity contribution >= 4 is 60.2 Å². The second kappa shape index (κ2) is 13.9. The van der Waals surface area contributed by atoms with Crippen molar-refractivity contribution in [3.63, 3.8) is 0 Å². The summed E-state index contributed by atoms with van der Waals surface area (Å²) in [6, 6.07) is 79.7. The van der Waals surface area contributed by atoms with Crippen molar-refractivity contribution in [1.82, 2.24) is 0 Å². The molecule has 0 amide bonds. The van der Waals surface area contributed by atoms with Gasteiger partial charge in [0, 0.05) is 27.9 Å². The number of fused-ring (bicyclic) bond motifs is 12. The summed E-state index contributed by atoms with van der Waals surface area (Å²) in [6.45, 7) is 9.49. The van der Waals surface area contributed by atoms with E-state index >= 15 is 0 Å². The Labute approximate surface area is 380 Å². The molecule has 2 aliphatic carbocycles. The van der Waals surface area contributed by atoms with Crippen LogP contribution in [-0.4, -0.2) is 0 Å². The molecule has 0 bridgehead atoms. The summed E-state index contributed by atoms with van der Waals surface area (Å²) in [5, 5.41) is 10.1. The molecule has 11 aromatic carbocycles. The number of hydrogen-bond acceptors (Lipinski definition) is 1. The van der Waals surface area contributed by atoms with Crippen LogP contribution in [0.5, 0.6) is 0 Å². The molecule has 0 unspecified atom stereocenters. The number of hydrogen-bond donors (Lipinski definition) is 0. The van der Waals surface area contributed by atoms with Gasteiger partial charge in [0.05, 0.1) is 0 Å². The van der Waals surface area contributed by atoms with Crippen molar-refractivity contribution in [2.75, 3.05) is 4.90 Å². The van der Waals surface area contributed by atoms with Gasteiger partial charge in [-0.15, -0.1) is 0 Å². The van der Waals surface area contributed by atoms with E-state index in [1.807, 2.05) is 0 Å². The molecule has 0 saturated heterocycles. The van der Waals surface area contributed by atoms with Gasteiger partial charge in [-0.1, -0.05) is 185 Å². The minimum atomic E-state index is -0.114. The Bertz CT molecular complexity index is 3670. The largest absolute Gasteiger partial charge is 0.310 e. The molecule has 308 valence electrons. The average molecular weight is 830 g/mol. The van der Waals surface area contributed by atoms with Gasteiger partial charge in [-0.25, -0.2) is 0 Å². The van der Waals surface area contributed by atoms with Crippen molar-refractivity contribution in [3.05, 3.63) is 235 Å². The van der Waals surface area contributed by atoms with E-state index < -0.39 is 0 Å². The van der Waals surface area contributed by atoms with Crippen LogP contribution in [0.2, 0.25) is 0 Å². The van der Waals surface area contributed by atoms with E-state index in [1.165, 1.54) is 110 Å². The van der Waals surface area contributed by atoms with Crippen LogP contribution in [0, 0.1) is 0 Å². The first-order valence-corrected chi connectivity index (χ1v) is 23.0. The molecule has 0 heterocycles. The molecule has 0 saturated carbocycles. The first kappa shape index (κ1) is 37.8. The topological polar surface area (TPSA) is 3.24 Å². The van der Waals surface area contributed by atoms with Crippen molar-refractivity contribution < 1.29 is 0 Å². The molecule has 0 aliphatic heterocycles. The first-order chi connectivity index (χ1) is 31.7. The molecule has 0 radical (unpaired) electrons. The molecule has 1 heteroatoms. The van der Waals surface area contributed by atoms with Gasteiger partial charge in [0.15, 0.2) is 0 Å². The fourth-order valence-corrected chi connectivity index (χ4v) is 11.7. The van der Waals surface area contributed by atoms with Gasteiger partial charge < -0.3 is 4.90 Å². The van der Waals surface area contributed by atoms with Crippen LogP contribution in [-0.2, 0) is 10.8 Å². The van der Waals surface area contributed by atoms with E-state index in [2.05, 4.69) is 245 Å². The van der Waals surface area contributed by atoms with Crippen molar-refractivity contribution in [2.24, 2.45) is 0 Å². The Balaban J connectivity index is 0.973. The van der Waals surface area contributed by atoms with Gasteiger partial charge in [-0.05, 0) is 164 Å². The van der Waals surface area contributed by atoms with E-state index in [0.717, 1.165) is 17.1 Å². The van der Waals surface area contributed by atoms with Crippen LogP contribution in [0.4, 0.5) is 17.1 Å². The maximum absolute atomic E-state index is 2.47. The third kappa shape index (κ3) is 5.58. The van der Waals surface area contributed by atoms with Crippen LogP contribution in [0.25, 0.3) is 87.6 Å². The summed E-state index contributed by atoms with van der Waals surface area (Å²) in [7, 11) is 0. The minimum Gasteiger partial charge on any atom is -0.310 e. The number of nitrogens with zero attached hydrogens (tertiary/aromatic N) is 1. The second-order valence-corrected chi connectivity index (χ2v) is 19.3. The zero-order chi connectivity index (χ0) is 43.6. The lowest BCUT2D eigenvalue weighted by Gasteiger charge is -2.30. The highest BCUT2D eigenvalue weighted by atomic mass is 15.1. The Morgan fingerprint density at radius 2 is 0.677 bits per heavy atom. The Kier molecular flexibility index (Phi) is 8.07. The molecule has 0 aromatic heterocycles. The Hall–Kier alpha value is -7.74. The third-order valence-electron chi connectivity index (χ3n) is 15.0. The zero-order valence-corrected chi connectivity index (χ0v) is 37.2. The monoisotopic (exact) mass is 829 g/mol. The van der Waals surface area contributed by atoms with Gasteiger partial charge in [-0.2, -0.15) is 0 Å². The van der Waals surface area contributed by atoms with Gasteiger partial charge in [0.25, 0.3) is 0 Å². The molecule has 0 N–H and O–H groups in total. The summed E-state index contributed by atoms with van der Waals surface area (Å²) in [5.41, 5.74) is 19.0. The van der Waals surface area contributed by atoms with Crippen LogP contribution in [0.3, 0.4) is 0 Å². The molecule has 0 atom stereocenters. The average Bonchev–Trinajstić information content (AvgIpc) is 3.72. The lowest BCUT2D eigenvalue weighted by Crippen LogP contribution is -2.18. The highest BCUT2D eigenvalue weighted by Crippen LogP contribution is 2.53. The molecule has 13 rings (SSSR count). The molecule has 11 aromatic rings. The van der Waals surface area contributed by atoms with Gasteiger partial charge in [-0.3, -0.25) is 0 Å². The maximum Gasteiger partial charge on any atom is 0.0465 e. The molecular weight excluding hydrogens is 783 g/mol. The van der Waals surface area contributed by atoms with E-state index in [-0.39, 0.29) is 10.8 Å². The normalized spacial score (nSPS) is 14.1. The third-order valence-corrected chi connectivity index (χ3v) is 15.0. The Morgan fingerprint density at radius 1 is 0.262 bits per heavy atom. The lowest BCUT2D eigenvalue weighted by atomic mass is 9.82. The fourth-order valence-electron chi connectivity index (χ4n) is 11.7. The summed E-state index contributed by atoms with van der Waals surface area (Å²) < 4.78 is 0. The van der Waals surface area contributed by atoms with E-state index in [9.17, 15) is 0 Å². The molecule has 65 heavy (non-hydrogen) atoms. The SMILES string of the molecule is CC1(C)c2ccccc2-c2ccc(N(c3ccc(-c4cc5c6ccccc6c(-c6ccc7ccccc7c6)cc5c5ccccc45)cc3)c3ccc4c(c3)C(C)(C)c3ccccc3-4)cc21. The predicted octanol–water partition coefficient (Wildman–Crippen LogP) is 17.7. The maximum atomic E-state index is 2.47. The smallest absolute Gasteiger partial charge is 0.0465 e. The Morgan fingerprint density at radius 3 is 1.23 bits per heavy atom. The number of anilines is 3. The zero-order valence-electron chi connectivity index (χ0n) is 37.2. The van der Waals surface area contributed by atoms with Crippen LogP contribution in [0.15, 0.2) is 212 Å². The van der Waals surface area contributed by atoms with Crippen molar-refractivity contribution in [2.45, 2.75) is 38.5 Å². The van der Waals surface area contributed by atoms with Crippen molar-refractivity contribution in [1.29, 1.82) is 0 Å². The fraction of sp³-hybridized carbons (Fsp3) is 0.0938. The van der Waals surface area contributed by atoms with E-state index in [0.29, 0.717) is 0 Å². The lowest BCUT2D eigenvalue weighted by molar-refractivity contribution is 0.660. The predicted molar refractivity (Wildman–Crippen MR) is 277 cm³/mol. The molecular formula is C64H47N. The highest BCUT2D eigenvalue weighted by molar-refractivity contribution is 6.24. The van der Waals surface area contributed by atoms with Crippen LogP contribution < -0.4 is 4.90 Å². The van der Waals surface area contributed by atoms with E-state index in [1.54, 1.807) is 0 Å². The number of benzene rings is 11. The van der Waals surface area contributed by atoms with Crippen LogP contribution in [0.1, 0.15) is 49.9 Å². The van der Waals surface area contributed by atoms with Crippen molar-refractivity contribution in [3.8, 4) is 44.5 Å². The summed E-state index contributed by atoms with van der Waals surface area (Å²) >= 11 is 0. The molecule has 1 nitrogen and oxygen atoms in total. The number of rotatable bonds is 5. The minimum absolute atomic E-state index is 0.114. The summed E-state index contributed by atoms with van der Waals surface area (Å²) in [6.07, 6.45) is 0. The molecule has 0 spiro atoms.